The number of carboxylic acids is 1. The number of carbonyl (C=O) groups is 2. The van der Waals surface area contributed by atoms with Gasteiger partial charge < -0.3 is 36.1 Å². The summed E-state index contributed by atoms with van der Waals surface area (Å²) < 4.78 is 9.47. The molecule has 1 aromatic carbocycles. The Kier molecular flexibility index (Phi) is 6.10. The predicted molar refractivity (Wildman–Crippen MR) is 113 cm³/mol. The molecule has 2 heterocycles. The van der Waals surface area contributed by atoms with Gasteiger partial charge in [-0.3, -0.25) is 9.59 Å². The monoisotopic (exact) mass is 417 g/mol. The molecule has 0 radical (unpaired) electrons. The van der Waals surface area contributed by atoms with Crippen molar-refractivity contribution in [3.8, 4) is 0 Å². The van der Waals surface area contributed by atoms with Crippen LogP contribution in [0.4, 0.5) is 0 Å². The van der Waals surface area contributed by atoms with E-state index in [1.165, 1.54) is 4.90 Å². The summed E-state index contributed by atoms with van der Waals surface area (Å²) in [7, 11) is -1.46. The maximum absolute atomic E-state index is 13.1. The molecule has 1 saturated heterocycles. The van der Waals surface area contributed by atoms with Gasteiger partial charge in [0.25, 0.3) is 0 Å². The molecule has 1 fully saturated rings. The third kappa shape index (κ3) is 4.67. The average molecular weight is 417 g/mol. The van der Waals surface area contributed by atoms with Crippen molar-refractivity contribution < 1.29 is 26.1 Å². The zero-order chi connectivity index (χ0) is 22.8. The summed E-state index contributed by atoms with van der Waals surface area (Å²) in [5, 5.41) is 28.8. The van der Waals surface area contributed by atoms with E-state index in [1.54, 1.807) is 4.57 Å². The maximum Gasteiger partial charge on any atom is 0.451 e. The molecule has 0 spiro atoms. The van der Waals surface area contributed by atoms with Gasteiger partial charge in [-0.2, -0.15) is 0 Å². The molecule has 30 heavy (non-hydrogen) atoms. The van der Waals surface area contributed by atoms with E-state index in [1.807, 2.05) is 30.5 Å². The second-order valence-electron chi connectivity index (χ2n) is 8.26. The predicted octanol–water partition coefficient (Wildman–Crippen LogP) is -0.458. The summed E-state index contributed by atoms with van der Waals surface area (Å²) in [5.41, 5.74) is 12.5. The lowest BCUT2D eigenvalue weighted by Crippen LogP contribution is -2.64. The Bertz CT molecular complexity index is 955. The van der Waals surface area contributed by atoms with Gasteiger partial charge in [-0.15, -0.1) is 0 Å². The van der Waals surface area contributed by atoms with Crippen LogP contribution in [0, 0.1) is 5.92 Å². The van der Waals surface area contributed by atoms with Crippen molar-refractivity contribution in [3.05, 3.63) is 36.0 Å². The van der Waals surface area contributed by atoms with Crippen LogP contribution < -0.4 is 11.5 Å². The summed E-state index contributed by atoms with van der Waals surface area (Å²) in [4.78, 5) is 26.3. The number of nitrogens with zero attached hydrogens (tertiary/aromatic N) is 2. The largest absolute Gasteiger partial charge is 0.480 e. The van der Waals surface area contributed by atoms with Crippen molar-refractivity contribution in [1.29, 1.82) is 0 Å². The molecule has 2 aromatic rings. The molecule has 7 N–H and O–H groups in total. The number of para-hydroxylation sites is 1. The molecule has 1 aliphatic heterocycles. The summed E-state index contributed by atoms with van der Waals surface area (Å²) in [5.74, 6) is -1.88. The van der Waals surface area contributed by atoms with Crippen molar-refractivity contribution in [1.82, 2.24) is 9.47 Å². The molecule has 10 heteroatoms. The number of amides is 1. The standard InChI is InChI=1S/C20H29BN4O5/c1-24-11-14(15-4-2-3-5-17(15)24)8-16(22)18(26)25-10-13(6-7-21(29)30)9-20(23,12-25)19(27)28/h2-5,11,13,16,29-30H,6-10,12,22-23H2,1H3,(H,27,28)/t13-,16?,20+/m0/s1/i1D. The van der Waals surface area contributed by atoms with E-state index in [4.69, 9.17) is 22.9 Å². The highest BCUT2D eigenvalue weighted by molar-refractivity contribution is 6.40. The smallest absolute Gasteiger partial charge is 0.451 e. The van der Waals surface area contributed by atoms with Crippen molar-refractivity contribution in [2.45, 2.75) is 37.2 Å². The molecular formula is C20H29BN4O5. The molecular weight excluding hydrogens is 387 g/mol. The Balaban J connectivity index is 1.77. The minimum Gasteiger partial charge on any atom is -0.480 e. The molecule has 0 saturated carbocycles. The Morgan fingerprint density at radius 1 is 1.40 bits per heavy atom. The number of aromatic nitrogens is 1. The molecule has 1 unspecified atom stereocenters. The third-order valence-electron chi connectivity index (χ3n) is 5.80. The Morgan fingerprint density at radius 2 is 2.13 bits per heavy atom. The van der Waals surface area contributed by atoms with Crippen LogP contribution in [-0.4, -0.2) is 68.3 Å². The van der Waals surface area contributed by atoms with Crippen molar-refractivity contribution in [2.24, 2.45) is 24.4 Å². The number of carboxylic acid groups (broad SMARTS) is 1. The van der Waals surface area contributed by atoms with E-state index < -0.39 is 30.6 Å². The van der Waals surface area contributed by atoms with Crippen molar-refractivity contribution in [3.63, 3.8) is 0 Å². The summed E-state index contributed by atoms with van der Waals surface area (Å²) in [6.45, 7) is 0.113. The van der Waals surface area contributed by atoms with Crippen LogP contribution in [0.1, 0.15) is 19.8 Å². The molecule has 162 valence electrons. The van der Waals surface area contributed by atoms with E-state index in [-0.39, 0.29) is 45.2 Å². The van der Waals surface area contributed by atoms with Crippen LogP contribution in [0.25, 0.3) is 10.9 Å². The van der Waals surface area contributed by atoms with Crippen molar-refractivity contribution in [2.75, 3.05) is 13.1 Å². The molecule has 1 aliphatic rings. The summed E-state index contributed by atoms with van der Waals surface area (Å²) in [6, 6.07) is 6.69. The van der Waals surface area contributed by atoms with Crippen LogP contribution in [0.15, 0.2) is 30.5 Å². The molecule has 0 bridgehead atoms. The number of nitrogens with two attached hydrogens (primary N) is 2. The fourth-order valence-electron chi connectivity index (χ4n) is 4.31. The summed E-state index contributed by atoms with van der Waals surface area (Å²) in [6.07, 6.45) is 2.61. The van der Waals surface area contributed by atoms with Gasteiger partial charge in [0.1, 0.15) is 5.54 Å². The highest BCUT2D eigenvalue weighted by Gasteiger charge is 2.44. The molecule has 3 rings (SSSR count). The minimum absolute atomic E-state index is 0.0442. The van der Waals surface area contributed by atoms with Crippen LogP contribution in [0.3, 0.4) is 0 Å². The zero-order valence-corrected chi connectivity index (χ0v) is 16.8. The number of piperidine rings is 1. The Labute approximate surface area is 176 Å². The first-order chi connectivity index (χ1) is 14.6. The topological polar surface area (TPSA) is 155 Å². The van der Waals surface area contributed by atoms with Gasteiger partial charge in [0, 0.05) is 38.6 Å². The zero-order valence-electron chi connectivity index (χ0n) is 17.8. The van der Waals surface area contributed by atoms with E-state index in [2.05, 4.69) is 0 Å². The highest BCUT2D eigenvalue weighted by atomic mass is 16.4. The quantitative estimate of drug-likeness (QED) is 0.382. The van der Waals surface area contributed by atoms with Crippen LogP contribution >= 0.6 is 0 Å². The number of benzene rings is 1. The van der Waals surface area contributed by atoms with E-state index >= 15 is 0 Å². The van der Waals surface area contributed by atoms with E-state index in [0.717, 1.165) is 16.5 Å². The minimum atomic E-state index is -1.61. The number of carbonyl (C=O) groups excluding carboxylic acids is 1. The number of rotatable bonds is 7. The first-order valence-corrected chi connectivity index (χ1v) is 9.93. The first-order valence-electron chi connectivity index (χ1n) is 10.6. The van der Waals surface area contributed by atoms with Crippen LogP contribution in [0.5, 0.6) is 0 Å². The number of hydrogen-bond donors (Lipinski definition) is 5. The number of likely N-dealkylation sites (tertiary alicyclic amines) is 1. The lowest BCUT2D eigenvalue weighted by Gasteiger charge is -2.42. The van der Waals surface area contributed by atoms with Gasteiger partial charge in [-0.05, 0) is 36.7 Å². The van der Waals surface area contributed by atoms with Crippen LogP contribution in [-0.2, 0) is 23.0 Å². The number of aryl methyl sites for hydroxylation is 1. The number of fused-ring (bicyclic) bond motifs is 1. The van der Waals surface area contributed by atoms with Gasteiger partial charge in [0.15, 0.2) is 0 Å². The van der Waals surface area contributed by atoms with Gasteiger partial charge in [-0.25, -0.2) is 0 Å². The number of hydrogen-bond acceptors (Lipinski definition) is 6. The van der Waals surface area contributed by atoms with E-state index in [0.29, 0.717) is 6.42 Å². The SMILES string of the molecule is [2H]Cn1cc(CC(N)C(=O)N2C[C@@H](CCB(O)O)C[C@](N)(C(=O)O)C2)c2ccccc21. The first kappa shape index (κ1) is 20.9. The van der Waals surface area contributed by atoms with Crippen molar-refractivity contribution >= 4 is 29.9 Å². The Morgan fingerprint density at radius 3 is 2.80 bits per heavy atom. The van der Waals surface area contributed by atoms with Gasteiger partial charge >= 0.3 is 13.1 Å². The maximum atomic E-state index is 13.1. The Hall–Kier alpha value is -2.40. The fourth-order valence-corrected chi connectivity index (χ4v) is 4.31. The van der Waals surface area contributed by atoms with Gasteiger partial charge in [0.05, 0.1) is 6.04 Å². The van der Waals surface area contributed by atoms with Gasteiger partial charge in [0.2, 0.25) is 5.91 Å². The highest BCUT2D eigenvalue weighted by Crippen LogP contribution is 2.29. The summed E-state index contributed by atoms with van der Waals surface area (Å²) >= 11 is 0. The second-order valence-corrected chi connectivity index (χ2v) is 8.26. The molecule has 9 nitrogen and oxygen atoms in total. The van der Waals surface area contributed by atoms with Gasteiger partial charge in [-0.1, -0.05) is 24.6 Å². The molecule has 0 aliphatic carbocycles. The molecule has 1 aromatic heterocycles. The molecule has 1 amide bonds. The number of aliphatic carboxylic acids is 1. The van der Waals surface area contributed by atoms with E-state index in [9.17, 15) is 14.7 Å². The molecule has 3 atom stereocenters. The lowest BCUT2D eigenvalue weighted by molar-refractivity contribution is -0.149. The normalized spacial score (nSPS) is 23.3. The average Bonchev–Trinajstić information content (AvgIpc) is 3.09. The second kappa shape index (κ2) is 8.77. The fraction of sp³-hybridized carbons (Fsp3) is 0.500. The lowest BCUT2D eigenvalue weighted by atomic mass is 9.75. The third-order valence-corrected chi connectivity index (χ3v) is 5.80. The van der Waals surface area contributed by atoms with Crippen LogP contribution in [0.2, 0.25) is 6.32 Å².